The summed E-state index contributed by atoms with van der Waals surface area (Å²) in [4.78, 5) is 24.6. The summed E-state index contributed by atoms with van der Waals surface area (Å²) in [6.07, 6.45) is -0.341. The minimum atomic E-state index is -1.03. The van der Waals surface area contributed by atoms with Gasteiger partial charge in [-0.15, -0.1) is 0 Å². The molecular weight excluding hydrogens is 368 g/mol. The summed E-state index contributed by atoms with van der Waals surface area (Å²) in [7, 11) is 0. The van der Waals surface area contributed by atoms with E-state index in [2.05, 4.69) is 0 Å². The van der Waals surface area contributed by atoms with Gasteiger partial charge in [-0.05, 0) is 34.1 Å². The molecule has 0 aromatic heterocycles. The zero-order chi connectivity index (χ0) is 20.2. The summed E-state index contributed by atoms with van der Waals surface area (Å²) in [6.45, 7) is 6.83. The van der Waals surface area contributed by atoms with Gasteiger partial charge in [0, 0.05) is 17.4 Å². The highest BCUT2D eigenvalue weighted by Crippen LogP contribution is 2.74. The van der Waals surface area contributed by atoms with Gasteiger partial charge in [-0.2, -0.15) is 0 Å². The number of carbonyl (C=O) groups excluding carboxylic acids is 2. The molecule has 5 rings (SSSR count). The van der Waals surface area contributed by atoms with Crippen molar-refractivity contribution in [2.75, 3.05) is 6.61 Å². The van der Waals surface area contributed by atoms with Crippen molar-refractivity contribution >= 4 is 11.9 Å². The second-order valence-corrected chi connectivity index (χ2v) is 9.09. The minimum absolute atomic E-state index is 0.211. The number of carbonyl (C=O) groups is 2. The lowest BCUT2D eigenvalue weighted by Gasteiger charge is -2.31. The molecule has 5 aliphatic rings. The van der Waals surface area contributed by atoms with Crippen LogP contribution in [-0.4, -0.2) is 70.0 Å². The van der Waals surface area contributed by atoms with Crippen molar-refractivity contribution in [1.82, 2.24) is 0 Å². The Morgan fingerprint density at radius 1 is 1.39 bits per heavy atom. The highest BCUT2D eigenvalue weighted by molar-refractivity contribution is 5.88. The number of hydrogen-bond acceptors (Lipinski definition) is 8. The maximum Gasteiger partial charge on any atom is 0.333 e. The van der Waals surface area contributed by atoms with Crippen LogP contribution in [-0.2, 0) is 28.5 Å². The minimum Gasteiger partial charge on any atom is -0.459 e. The predicted molar refractivity (Wildman–Crippen MR) is 92.9 cm³/mol. The Balaban J connectivity index is 1.52. The molecule has 5 fully saturated rings. The maximum absolute atomic E-state index is 12.3. The molecule has 10 atom stereocenters. The lowest BCUT2D eigenvalue weighted by molar-refractivity contribution is -0.149. The molecular formula is C20H26O8. The average molecular weight is 394 g/mol. The molecule has 2 N–H and O–H groups in total. The number of esters is 2. The molecule has 0 unspecified atom stereocenters. The SMILES string of the molecule is C/C=C(\C)C(=O)O[C@H]1C[C@@H]2[C@@]3(C)O[C@H]3[C@@H]3OC(=O)[C@@H](CO)[C@H]3[C@H](O)[C@]23O[C@]13C. The summed E-state index contributed by atoms with van der Waals surface area (Å²) in [5.41, 5.74) is -2.00. The quantitative estimate of drug-likeness (QED) is 0.393. The molecule has 0 aromatic rings. The summed E-state index contributed by atoms with van der Waals surface area (Å²) in [5, 5.41) is 21.1. The number of rotatable bonds is 3. The van der Waals surface area contributed by atoms with E-state index in [0.717, 1.165) is 0 Å². The molecule has 0 bridgehead atoms. The van der Waals surface area contributed by atoms with E-state index in [1.807, 2.05) is 13.8 Å². The molecule has 1 spiro atoms. The first-order valence-corrected chi connectivity index (χ1v) is 9.87. The van der Waals surface area contributed by atoms with Gasteiger partial charge < -0.3 is 29.2 Å². The normalized spacial score (nSPS) is 56.0. The molecule has 0 amide bonds. The molecule has 3 saturated heterocycles. The Morgan fingerprint density at radius 3 is 2.75 bits per heavy atom. The number of fused-ring (bicyclic) bond motifs is 4. The third-order valence-corrected chi connectivity index (χ3v) is 7.98. The summed E-state index contributed by atoms with van der Waals surface area (Å²) in [6, 6.07) is 0. The zero-order valence-electron chi connectivity index (χ0n) is 16.4. The molecule has 8 nitrogen and oxygen atoms in total. The molecule has 0 radical (unpaired) electrons. The van der Waals surface area contributed by atoms with Gasteiger partial charge in [-0.3, -0.25) is 4.79 Å². The molecule has 3 heterocycles. The number of aliphatic hydroxyl groups is 2. The van der Waals surface area contributed by atoms with Crippen LogP contribution in [0.1, 0.15) is 34.1 Å². The van der Waals surface area contributed by atoms with Crippen molar-refractivity contribution in [3.05, 3.63) is 11.6 Å². The fourth-order valence-corrected chi connectivity index (χ4v) is 6.14. The highest BCUT2D eigenvalue weighted by Gasteiger charge is 2.91. The van der Waals surface area contributed by atoms with Crippen molar-refractivity contribution in [1.29, 1.82) is 0 Å². The van der Waals surface area contributed by atoms with E-state index in [1.54, 1.807) is 19.9 Å². The molecule has 28 heavy (non-hydrogen) atoms. The van der Waals surface area contributed by atoms with Crippen LogP contribution >= 0.6 is 0 Å². The van der Waals surface area contributed by atoms with E-state index >= 15 is 0 Å². The van der Waals surface area contributed by atoms with Crippen molar-refractivity contribution in [2.24, 2.45) is 17.8 Å². The Morgan fingerprint density at radius 2 is 2.11 bits per heavy atom. The van der Waals surface area contributed by atoms with Crippen LogP contribution in [0, 0.1) is 17.8 Å². The van der Waals surface area contributed by atoms with Crippen LogP contribution in [0.5, 0.6) is 0 Å². The zero-order valence-corrected chi connectivity index (χ0v) is 16.4. The van der Waals surface area contributed by atoms with Crippen molar-refractivity contribution < 1.29 is 38.7 Å². The van der Waals surface area contributed by atoms with Gasteiger partial charge in [0.05, 0.1) is 18.6 Å². The van der Waals surface area contributed by atoms with Gasteiger partial charge in [-0.1, -0.05) is 6.08 Å². The van der Waals surface area contributed by atoms with Crippen LogP contribution in [0.3, 0.4) is 0 Å². The largest absolute Gasteiger partial charge is 0.459 e. The number of aliphatic hydroxyl groups excluding tert-OH is 2. The van der Waals surface area contributed by atoms with E-state index in [1.165, 1.54) is 0 Å². The number of ether oxygens (including phenoxy) is 4. The third-order valence-electron chi connectivity index (χ3n) is 7.98. The van der Waals surface area contributed by atoms with Crippen molar-refractivity contribution in [3.63, 3.8) is 0 Å². The van der Waals surface area contributed by atoms with Gasteiger partial charge in [-0.25, -0.2) is 4.79 Å². The average Bonchev–Trinajstić information content (AvgIpc) is 3.45. The van der Waals surface area contributed by atoms with Gasteiger partial charge in [0.15, 0.2) is 0 Å². The molecule has 154 valence electrons. The second kappa shape index (κ2) is 5.36. The highest BCUT2D eigenvalue weighted by atomic mass is 16.7. The number of allylic oxidation sites excluding steroid dienone is 1. The van der Waals surface area contributed by atoms with Crippen LogP contribution in [0.15, 0.2) is 11.6 Å². The van der Waals surface area contributed by atoms with Crippen LogP contribution in [0.4, 0.5) is 0 Å². The van der Waals surface area contributed by atoms with Gasteiger partial charge in [0.2, 0.25) is 0 Å². The second-order valence-electron chi connectivity index (χ2n) is 9.09. The monoisotopic (exact) mass is 394 g/mol. The first-order valence-electron chi connectivity index (χ1n) is 9.87. The molecule has 2 aliphatic carbocycles. The Kier molecular flexibility index (Phi) is 3.55. The predicted octanol–water partition coefficient (Wildman–Crippen LogP) is 0.0941. The number of epoxide rings is 2. The van der Waals surface area contributed by atoms with E-state index in [9.17, 15) is 19.8 Å². The Labute approximate surface area is 162 Å². The van der Waals surface area contributed by atoms with Crippen molar-refractivity contribution in [3.8, 4) is 0 Å². The van der Waals surface area contributed by atoms with E-state index < -0.39 is 65.5 Å². The smallest absolute Gasteiger partial charge is 0.333 e. The fraction of sp³-hybridized carbons (Fsp3) is 0.800. The molecule has 8 heteroatoms. The van der Waals surface area contributed by atoms with Crippen LogP contribution < -0.4 is 0 Å². The Hall–Kier alpha value is -1.48. The first-order chi connectivity index (χ1) is 13.2. The van der Waals surface area contributed by atoms with Crippen molar-refractivity contribution in [2.45, 2.75) is 75.3 Å². The summed E-state index contributed by atoms with van der Waals surface area (Å²) < 4.78 is 23.4. The summed E-state index contributed by atoms with van der Waals surface area (Å²) >= 11 is 0. The molecule has 3 aliphatic heterocycles. The molecule has 0 aromatic carbocycles. The fourth-order valence-electron chi connectivity index (χ4n) is 6.14. The summed E-state index contributed by atoms with van der Waals surface area (Å²) in [5.74, 6) is -2.58. The van der Waals surface area contributed by atoms with Gasteiger partial charge in [0.25, 0.3) is 0 Å². The Bertz CT molecular complexity index is 793. The van der Waals surface area contributed by atoms with E-state index in [-0.39, 0.29) is 12.0 Å². The topological polar surface area (TPSA) is 118 Å². The first kappa shape index (κ1) is 18.5. The van der Waals surface area contributed by atoms with Gasteiger partial charge >= 0.3 is 11.9 Å². The van der Waals surface area contributed by atoms with E-state index in [0.29, 0.717) is 12.0 Å². The third kappa shape index (κ3) is 1.90. The lowest BCUT2D eigenvalue weighted by atomic mass is 9.74. The maximum atomic E-state index is 12.3. The standard InChI is InChI=1S/C20H26O8/c1-5-8(2)16(23)25-11-6-10-18(3)15(27-18)13-12(9(7-21)17(24)26-13)14(22)20(10)19(11,4)28-20/h5,9-15,21-22H,6-7H2,1-4H3/b8-5+/t9-,10+,11-,12+,13+,14-,15-,18+,19+,20+/m0/s1. The number of hydrogen-bond donors (Lipinski definition) is 2. The lowest BCUT2D eigenvalue weighted by Crippen LogP contribution is -2.49. The molecule has 2 saturated carbocycles. The van der Waals surface area contributed by atoms with E-state index in [4.69, 9.17) is 18.9 Å². The van der Waals surface area contributed by atoms with Gasteiger partial charge in [0.1, 0.15) is 35.1 Å². The van der Waals surface area contributed by atoms with Crippen LogP contribution in [0.2, 0.25) is 0 Å². The van der Waals surface area contributed by atoms with Crippen LogP contribution in [0.25, 0.3) is 0 Å².